The van der Waals surface area contributed by atoms with Crippen LogP contribution in [0, 0.1) is 12.3 Å². The molecule has 0 aliphatic carbocycles. The van der Waals surface area contributed by atoms with Gasteiger partial charge in [-0.1, -0.05) is 0 Å². The molecule has 0 bridgehead atoms. The molecule has 0 rings (SSSR count). The minimum atomic E-state index is -4.59. The van der Waals surface area contributed by atoms with Gasteiger partial charge in [-0.3, -0.25) is 4.79 Å². The summed E-state index contributed by atoms with van der Waals surface area (Å²) in [5.74, 6) is 0.0718. The van der Waals surface area contributed by atoms with Crippen molar-refractivity contribution in [1.82, 2.24) is 0 Å². The second-order valence-electron chi connectivity index (χ2n) is 3.84. The Hall–Kier alpha value is -1.23. The number of methoxy groups -OCH3 is 1. The van der Waals surface area contributed by atoms with Crippen molar-refractivity contribution < 1.29 is 31.1 Å². The van der Waals surface area contributed by atoms with Gasteiger partial charge in [0, 0.05) is 6.42 Å². The van der Waals surface area contributed by atoms with Crippen LogP contribution < -0.4 is 0 Å². The Kier molecular flexibility index (Phi) is 6.90. The molecule has 4 nitrogen and oxygen atoms in total. The average molecular weight is 300 g/mol. The Bertz CT molecular complexity index is 434. The fourth-order valence-corrected chi connectivity index (χ4v) is 3.08. The van der Waals surface area contributed by atoms with Crippen LogP contribution in [-0.4, -0.2) is 38.7 Å². The molecule has 0 saturated carbocycles. The fraction of sp³-hybridized carbons (Fsp3) is 0.727. The fourth-order valence-electron chi connectivity index (χ4n) is 1.37. The number of hydrogen-bond acceptors (Lipinski definition) is 4. The molecule has 0 N–H and O–H groups in total. The van der Waals surface area contributed by atoms with Crippen LogP contribution >= 0.6 is 0 Å². The Morgan fingerprint density at radius 1 is 1.42 bits per heavy atom. The molecule has 8 heteroatoms. The van der Waals surface area contributed by atoms with Gasteiger partial charge in [0.05, 0.1) is 19.3 Å². The normalized spacial score (nSPS) is 13.6. The molecule has 19 heavy (non-hydrogen) atoms. The van der Waals surface area contributed by atoms with E-state index in [2.05, 4.69) is 10.7 Å². The van der Waals surface area contributed by atoms with Crippen LogP contribution in [0.4, 0.5) is 13.2 Å². The van der Waals surface area contributed by atoms with Crippen LogP contribution in [0.25, 0.3) is 0 Å². The van der Waals surface area contributed by atoms with Gasteiger partial charge in [-0.2, -0.15) is 13.2 Å². The number of carbonyl (C=O) groups excluding carboxylic acids is 1. The number of terminal acetylenes is 1. The first-order valence-corrected chi connectivity index (χ1v) is 7.15. The van der Waals surface area contributed by atoms with Crippen LogP contribution in [0.3, 0.4) is 0 Å². The lowest BCUT2D eigenvalue weighted by Crippen LogP contribution is -2.34. The van der Waals surface area contributed by atoms with Gasteiger partial charge in [0.2, 0.25) is 0 Å². The predicted octanol–water partition coefficient (Wildman–Crippen LogP) is 1.70. The summed E-state index contributed by atoms with van der Waals surface area (Å²) in [4.78, 5) is 11.3. The molecule has 0 aliphatic rings. The van der Waals surface area contributed by atoms with Gasteiger partial charge in [0.1, 0.15) is 0 Å². The number of esters is 1. The van der Waals surface area contributed by atoms with Gasteiger partial charge in [0.25, 0.3) is 0 Å². The van der Waals surface area contributed by atoms with Crippen LogP contribution in [0.1, 0.15) is 25.7 Å². The van der Waals surface area contributed by atoms with E-state index in [-0.39, 0.29) is 19.3 Å². The summed E-state index contributed by atoms with van der Waals surface area (Å²) in [7, 11) is -3.23. The third-order valence-electron chi connectivity index (χ3n) is 2.36. The van der Waals surface area contributed by atoms with E-state index in [1.54, 1.807) is 0 Å². The van der Waals surface area contributed by atoms with Crippen molar-refractivity contribution in [3.05, 3.63) is 0 Å². The van der Waals surface area contributed by atoms with Gasteiger partial charge in [-0.05, 0) is 12.8 Å². The summed E-state index contributed by atoms with van der Waals surface area (Å²) in [5, 5.41) is -1.59. The molecule has 0 aliphatic heterocycles. The minimum Gasteiger partial charge on any atom is -0.468 e. The van der Waals surface area contributed by atoms with Crippen LogP contribution in [0.2, 0.25) is 0 Å². The highest BCUT2D eigenvalue weighted by atomic mass is 32.2. The molecule has 0 amide bonds. The number of halogens is 3. The summed E-state index contributed by atoms with van der Waals surface area (Å²) < 4.78 is 63.8. The Morgan fingerprint density at radius 2 is 2.00 bits per heavy atom. The van der Waals surface area contributed by atoms with Crippen LogP contribution in [0.15, 0.2) is 0 Å². The molecule has 1 unspecified atom stereocenters. The molecule has 0 heterocycles. The van der Waals surface area contributed by atoms with Crippen LogP contribution in [-0.2, 0) is 19.4 Å². The summed E-state index contributed by atoms with van der Waals surface area (Å²) in [6.07, 6.45) is -0.775. The van der Waals surface area contributed by atoms with E-state index < -0.39 is 39.4 Å². The van der Waals surface area contributed by atoms with Gasteiger partial charge >= 0.3 is 12.1 Å². The molecule has 0 saturated heterocycles. The summed E-state index contributed by atoms with van der Waals surface area (Å²) >= 11 is 0. The van der Waals surface area contributed by atoms with E-state index in [1.165, 1.54) is 0 Å². The minimum absolute atomic E-state index is 0.142. The zero-order valence-electron chi connectivity index (χ0n) is 10.4. The van der Waals surface area contributed by atoms with Gasteiger partial charge < -0.3 is 4.74 Å². The summed E-state index contributed by atoms with van der Waals surface area (Å²) in [6.45, 7) is 0. The first kappa shape index (κ1) is 17.8. The van der Waals surface area contributed by atoms with Gasteiger partial charge in [0.15, 0.2) is 15.1 Å². The first-order valence-electron chi connectivity index (χ1n) is 5.43. The van der Waals surface area contributed by atoms with Crippen molar-refractivity contribution in [3.63, 3.8) is 0 Å². The lowest BCUT2D eigenvalue weighted by atomic mass is 10.2. The number of carbonyl (C=O) groups is 1. The van der Waals surface area contributed by atoms with Gasteiger partial charge in [-0.15, -0.1) is 12.3 Å². The summed E-state index contributed by atoms with van der Waals surface area (Å²) in [6, 6.07) is 0. The van der Waals surface area contributed by atoms with Crippen LogP contribution in [0.5, 0.6) is 0 Å². The summed E-state index contributed by atoms with van der Waals surface area (Å²) in [5.41, 5.74) is 0. The maximum Gasteiger partial charge on any atom is 0.390 e. The first-order chi connectivity index (χ1) is 8.64. The van der Waals surface area contributed by atoms with Crippen molar-refractivity contribution in [1.29, 1.82) is 0 Å². The second-order valence-corrected chi connectivity index (χ2v) is 6.14. The van der Waals surface area contributed by atoms with Gasteiger partial charge in [-0.25, -0.2) is 8.42 Å². The number of hydrogen-bond donors (Lipinski definition) is 0. The van der Waals surface area contributed by atoms with Crippen molar-refractivity contribution in [3.8, 4) is 12.3 Å². The van der Waals surface area contributed by atoms with E-state index in [9.17, 15) is 26.4 Å². The second kappa shape index (κ2) is 7.38. The third-order valence-corrected chi connectivity index (χ3v) is 4.42. The molecule has 0 spiro atoms. The number of rotatable bonds is 7. The zero-order valence-corrected chi connectivity index (χ0v) is 11.2. The highest BCUT2D eigenvalue weighted by Crippen LogP contribution is 2.23. The largest absolute Gasteiger partial charge is 0.468 e. The van der Waals surface area contributed by atoms with Crippen molar-refractivity contribution in [2.75, 3.05) is 12.9 Å². The molecular formula is C11H15F3O4S. The maximum atomic E-state index is 12.0. The van der Waals surface area contributed by atoms with E-state index in [4.69, 9.17) is 6.42 Å². The lowest BCUT2D eigenvalue weighted by molar-refractivity contribution is -0.140. The number of unbranched alkanes of at least 4 members (excludes halogenated alkanes) is 1. The lowest BCUT2D eigenvalue weighted by Gasteiger charge is -2.15. The Balaban J connectivity index is 4.83. The molecule has 0 aromatic carbocycles. The number of ether oxygens (including phenoxy) is 1. The van der Waals surface area contributed by atoms with Crippen molar-refractivity contribution in [2.45, 2.75) is 37.1 Å². The zero-order chi connectivity index (χ0) is 15.1. The van der Waals surface area contributed by atoms with Crippen molar-refractivity contribution >= 4 is 15.8 Å². The average Bonchev–Trinajstić information content (AvgIpc) is 2.30. The monoisotopic (exact) mass is 300 g/mol. The number of sulfone groups is 1. The van der Waals surface area contributed by atoms with E-state index in [1.807, 2.05) is 0 Å². The Morgan fingerprint density at radius 3 is 2.42 bits per heavy atom. The van der Waals surface area contributed by atoms with E-state index in [0.29, 0.717) is 0 Å². The topological polar surface area (TPSA) is 60.4 Å². The highest BCUT2D eigenvalue weighted by molar-refractivity contribution is 7.92. The molecular weight excluding hydrogens is 285 g/mol. The Labute approximate surface area is 110 Å². The van der Waals surface area contributed by atoms with E-state index >= 15 is 0 Å². The predicted molar refractivity (Wildman–Crippen MR) is 62.9 cm³/mol. The molecule has 0 aromatic rings. The number of alkyl halides is 3. The smallest absolute Gasteiger partial charge is 0.390 e. The third kappa shape index (κ3) is 7.06. The van der Waals surface area contributed by atoms with Crippen molar-refractivity contribution in [2.24, 2.45) is 0 Å². The molecule has 0 aromatic heterocycles. The SMILES string of the molecule is C#CCCCC(C(=O)OC)S(=O)(=O)CCC(F)(F)F. The molecule has 110 valence electrons. The molecule has 0 fully saturated rings. The highest BCUT2D eigenvalue weighted by Gasteiger charge is 2.37. The van der Waals surface area contributed by atoms with E-state index in [0.717, 1.165) is 7.11 Å². The maximum absolute atomic E-state index is 12.0. The standard InChI is InChI=1S/C11H15F3O4S/c1-3-4-5-6-9(10(15)18-2)19(16,17)8-7-11(12,13)14/h1,9H,4-8H2,2H3. The molecule has 0 radical (unpaired) electrons. The quantitative estimate of drug-likeness (QED) is 0.408. The molecule has 1 atom stereocenters.